The van der Waals surface area contributed by atoms with Gasteiger partial charge in [0.2, 0.25) is 0 Å². The van der Waals surface area contributed by atoms with E-state index in [0.29, 0.717) is 10.6 Å². The molecule has 8 nitrogen and oxygen atoms in total. The molecule has 0 radical (unpaired) electrons. The van der Waals surface area contributed by atoms with Crippen molar-refractivity contribution in [3.8, 4) is 11.3 Å². The normalized spacial score (nSPS) is 15.0. The average molecular weight is 470 g/mol. The lowest BCUT2D eigenvalue weighted by Crippen LogP contribution is -2.25. The van der Waals surface area contributed by atoms with Crippen LogP contribution in [-0.2, 0) is 4.79 Å². The molecule has 0 atom stereocenters. The largest absolute Gasteiger partial charge is 0.478 e. The van der Waals surface area contributed by atoms with Gasteiger partial charge in [0.25, 0.3) is 5.91 Å². The summed E-state index contributed by atoms with van der Waals surface area (Å²) in [6, 6.07) is 13.3. The smallest absolute Gasteiger partial charge is 0.435 e. The van der Waals surface area contributed by atoms with E-state index in [1.54, 1.807) is 6.07 Å². The maximum atomic E-state index is 13.6. The van der Waals surface area contributed by atoms with E-state index in [1.807, 2.05) is 0 Å². The maximum absolute atomic E-state index is 13.6. The molecule has 0 fully saturated rings. The molecule has 0 spiro atoms. The van der Waals surface area contributed by atoms with Crippen molar-refractivity contribution >= 4 is 35.3 Å². The molecule has 0 saturated heterocycles. The summed E-state index contributed by atoms with van der Waals surface area (Å²) >= 11 is 0. The predicted molar refractivity (Wildman–Crippen MR) is 113 cm³/mol. The molecule has 4 rings (SSSR count). The number of hydrogen-bond donors (Lipinski definition) is 2. The predicted octanol–water partition coefficient (Wildman–Crippen LogP) is 4.69. The van der Waals surface area contributed by atoms with Crippen LogP contribution in [0.1, 0.15) is 26.5 Å². The summed E-state index contributed by atoms with van der Waals surface area (Å²) in [6.45, 7) is 0. The molecule has 1 aromatic heterocycles. The molecule has 3 aromatic rings. The SMILES string of the molecule is O=C(O)c1cccc(-c2ccc(C=C3C(=O)N(c4cccc(C(=O)O)c4)N=C3C(F)(F)F)o2)c1. The van der Waals surface area contributed by atoms with E-state index in [9.17, 15) is 27.6 Å². The van der Waals surface area contributed by atoms with Gasteiger partial charge in [0, 0.05) is 5.56 Å². The van der Waals surface area contributed by atoms with Crippen LogP contribution in [-0.4, -0.2) is 39.9 Å². The molecule has 0 aliphatic carbocycles. The van der Waals surface area contributed by atoms with Gasteiger partial charge in [0.15, 0.2) is 5.71 Å². The first kappa shape index (κ1) is 22.5. The molecule has 0 unspecified atom stereocenters. The third-order valence-electron chi connectivity index (χ3n) is 4.79. The molecular weight excluding hydrogens is 457 g/mol. The van der Waals surface area contributed by atoms with Gasteiger partial charge in [0.1, 0.15) is 11.5 Å². The Balaban J connectivity index is 1.72. The number of benzene rings is 2. The zero-order valence-corrected chi connectivity index (χ0v) is 16.9. The number of carboxylic acid groups (broad SMARTS) is 2. The van der Waals surface area contributed by atoms with Crippen LogP contribution in [0.2, 0.25) is 0 Å². The molecule has 11 heteroatoms. The zero-order chi connectivity index (χ0) is 24.6. The lowest BCUT2D eigenvalue weighted by atomic mass is 10.1. The highest BCUT2D eigenvalue weighted by Gasteiger charge is 2.47. The summed E-state index contributed by atoms with van der Waals surface area (Å²) in [5, 5.41) is 22.1. The molecule has 2 aromatic carbocycles. The Morgan fingerprint density at radius 2 is 1.59 bits per heavy atom. The number of carboxylic acids is 2. The van der Waals surface area contributed by atoms with Crippen LogP contribution in [0.3, 0.4) is 0 Å². The van der Waals surface area contributed by atoms with Gasteiger partial charge in [-0.3, -0.25) is 4.79 Å². The van der Waals surface area contributed by atoms with Crippen molar-refractivity contribution in [1.82, 2.24) is 0 Å². The van der Waals surface area contributed by atoms with E-state index >= 15 is 0 Å². The first-order valence-electron chi connectivity index (χ1n) is 9.54. The highest BCUT2D eigenvalue weighted by Crippen LogP contribution is 2.34. The van der Waals surface area contributed by atoms with Crippen LogP contribution >= 0.6 is 0 Å². The summed E-state index contributed by atoms with van der Waals surface area (Å²) in [7, 11) is 0. The summed E-state index contributed by atoms with van der Waals surface area (Å²) < 4.78 is 46.5. The third-order valence-corrected chi connectivity index (χ3v) is 4.79. The topological polar surface area (TPSA) is 120 Å². The number of halogens is 3. The molecule has 2 N–H and O–H groups in total. The fourth-order valence-electron chi connectivity index (χ4n) is 3.23. The van der Waals surface area contributed by atoms with Crippen molar-refractivity contribution in [1.29, 1.82) is 0 Å². The fraction of sp³-hybridized carbons (Fsp3) is 0.0435. The van der Waals surface area contributed by atoms with Crippen molar-refractivity contribution in [2.45, 2.75) is 6.18 Å². The number of hydrogen-bond acceptors (Lipinski definition) is 5. The summed E-state index contributed by atoms with van der Waals surface area (Å²) in [4.78, 5) is 35.2. The van der Waals surface area contributed by atoms with Crippen LogP contribution in [0, 0.1) is 0 Å². The molecule has 2 heterocycles. The Morgan fingerprint density at radius 1 is 0.941 bits per heavy atom. The fourth-order valence-corrected chi connectivity index (χ4v) is 3.23. The molecule has 1 aliphatic rings. The van der Waals surface area contributed by atoms with Crippen molar-refractivity contribution in [3.05, 3.63) is 83.1 Å². The number of carbonyl (C=O) groups is 3. The van der Waals surface area contributed by atoms with Crippen LogP contribution < -0.4 is 5.01 Å². The highest BCUT2D eigenvalue weighted by atomic mass is 19.4. The van der Waals surface area contributed by atoms with Crippen LogP contribution in [0.4, 0.5) is 18.9 Å². The quantitative estimate of drug-likeness (QED) is 0.522. The monoisotopic (exact) mass is 470 g/mol. The van der Waals surface area contributed by atoms with Gasteiger partial charge >= 0.3 is 18.1 Å². The van der Waals surface area contributed by atoms with Gasteiger partial charge in [-0.25, -0.2) is 9.59 Å². The summed E-state index contributed by atoms with van der Waals surface area (Å²) in [6.07, 6.45) is -4.11. The maximum Gasteiger partial charge on any atom is 0.435 e. The van der Waals surface area contributed by atoms with Crippen molar-refractivity contribution < 1.29 is 42.2 Å². The van der Waals surface area contributed by atoms with Gasteiger partial charge in [-0.2, -0.15) is 23.3 Å². The molecule has 34 heavy (non-hydrogen) atoms. The minimum atomic E-state index is -4.98. The molecule has 1 aliphatic heterocycles. The van der Waals surface area contributed by atoms with E-state index in [-0.39, 0.29) is 28.3 Å². The second kappa shape index (κ2) is 8.35. The number of anilines is 1. The first-order valence-corrected chi connectivity index (χ1v) is 9.54. The molecular formula is C23H13F3N2O6. The minimum absolute atomic E-state index is 0.00880. The molecule has 0 saturated carbocycles. The van der Waals surface area contributed by atoms with Gasteiger partial charge in [-0.1, -0.05) is 18.2 Å². The Hall–Kier alpha value is -4.67. The second-order valence-corrected chi connectivity index (χ2v) is 7.06. The number of carbonyl (C=O) groups excluding carboxylic acids is 1. The van der Waals surface area contributed by atoms with Crippen molar-refractivity contribution in [2.75, 3.05) is 5.01 Å². The van der Waals surface area contributed by atoms with Gasteiger partial charge in [-0.05, 0) is 48.5 Å². The first-order chi connectivity index (χ1) is 16.0. The van der Waals surface area contributed by atoms with Crippen LogP contribution in [0.25, 0.3) is 17.4 Å². The number of rotatable bonds is 5. The lowest BCUT2D eigenvalue weighted by Gasteiger charge is -2.11. The Kier molecular flexibility index (Phi) is 5.53. The molecule has 1 amide bonds. The number of alkyl halides is 3. The van der Waals surface area contributed by atoms with E-state index in [0.717, 1.165) is 12.1 Å². The Labute approximate surface area is 188 Å². The van der Waals surface area contributed by atoms with E-state index < -0.39 is 35.3 Å². The van der Waals surface area contributed by atoms with Crippen molar-refractivity contribution in [3.63, 3.8) is 0 Å². The van der Waals surface area contributed by atoms with Crippen LogP contribution in [0.15, 0.2) is 75.8 Å². The number of nitrogens with zero attached hydrogens (tertiary/aromatic N) is 2. The van der Waals surface area contributed by atoms with Gasteiger partial charge < -0.3 is 14.6 Å². The van der Waals surface area contributed by atoms with Crippen molar-refractivity contribution in [2.24, 2.45) is 5.10 Å². The minimum Gasteiger partial charge on any atom is -0.478 e. The number of furan rings is 1. The van der Waals surface area contributed by atoms with E-state index in [4.69, 9.17) is 14.6 Å². The van der Waals surface area contributed by atoms with Crippen LogP contribution in [0.5, 0.6) is 0 Å². The zero-order valence-electron chi connectivity index (χ0n) is 16.9. The lowest BCUT2D eigenvalue weighted by molar-refractivity contribution is -0.114. The van der Waals surface area contributed by atoms with E-state index in [1.165, 1.54) is 48.5 Å². The van der Waals surface area contributed by atoms with Gasteiger partial charge in [-0.15, -0.1) is 0 Å². The number of amides is 1. The molecule has 172 valence electrons. The highest BCUT2D eigenvalue weighted by molar-refractivity contribution is 6.34. The number of hydrazone groups is 1. The summed E-state index contributed by atoms with van der Waals surface area (Å²) in [5.41, 5.74) is -2.28. The van der Waals surface area contributed by atoms with Gasteiger partial charge in [0.05, 0.1) is 22.4 Å². The third kappa shape index (κ3) is 4.31. The van der Waals surface area contributed by atoms with E-state index in [2.05, 4.69) is 5.10 Å². The average Bonchev–Trinajstić information content (AvgIpc) is 3.39. The Bertz CT molecular complexity index is 1390. The Morgan fingerprint density at radius 3 is 2.24 bits per heavy atom. The number of aromatic carboxylic acids is 2. The standard InChI is InChI=1S/C23H13F3N2O6/c24-23(25,26)19-17(20(29)28(27-19)15-6-2-5-14(10-15)22(32)33)11-16-7-8-18(34-16)12-3-1-4-13(9-12)21(30)31/h1-11H,(H,30,31)(H,32,33). The summed E-state index contributed by atoms with van der Waals surface area (Å²) in [5.74, 6) is -3.53. The second-order valence-electron chi connectivity index (χ2n) is 7.06. The molecule has 0 bridgehead atoms.